The summed E-state index contributed by atoms with van der Waals surface area (Å²) in [7, 11) is 1.13. The molecule has 10 heteroatoms. The van der Waals surface area contributed by atoms with E-state index in [4.69, 9.17) is 13.6 Å². The number of alkyl carbamates (subject to hydrolysis) is 1. The van der Waals surface area contributed by atoms with Gasteiger partial charge in [-0.3, -0.25) is 9.59 Å². The van der Waals surface area contributed by atoms with Gasteiger partial charge in [0.15, 0.2) is 0 Å². The van der Waals surface area contributed by atoms with Crippen molar-refractivity contribution in [3.8, 4) is 0 Å². The molecule has 9 nitrogen and oxygen atoms in total. The van der Waals surface area contributed by atoms with E-state index in [0.29, 0.717) is 11.8 Å². The fourth-order valence-corrected chi connectivity index (χ4v) is 3.54. The molecule has 0 aliphatic heterocycles. The van der Waals surface area contributed by atoms with Crippen LogP contribution in [0, 0.1) is 5.92 Å². The highest BCUT2D eigenvalue weighted by Gasteiger charge is 2.31. The molecular weight excluding hydrogens is 470 g/mol. The summed E-state index contributed by atoms with van der Waals surface area (Å²) in [6.45, 7) is 8.87. The smallest absolute Gasteiger partial charge is 0.408 e. The van der Waals surface area contributed by atoms with E-state index in [1.807, 2.05) is 13.8 Å². The Morgan fingerprint density at radius 1 is 0.971 bits per heavy atom. The molecule has 0 aliphatic carbocycles. The largest absolute Gasteiger partial charge is 0.467 e. The van der Waals surface area contributed by atoms with Gasteiger partial charge in [-0.1, -0.05) is 44.2 Å². The first-order valence-corrected chi connectivity index (χ1v) is 12.3. The Bertz CT molecular complexity index is 939. The van der Waals surface area contributed by atoms with Crippen molar-refractivity contribution in [2.45, 2.75) is 71.2 Å². The highest BCUT2D eigenvalue weighted by atomic mass is 32.2. The molecule has 0 saturated carbocycles. The van der Waals surface area contributed by atoms with Crippen molar-refractivity contribution in [3.05, 3.63) is 35.9 Å². The van der Waals surface area contributed by atoms with Crippen molar-refractivity contribution in [1.82, 2.24) is 16.0 Å². The molecule has 0 unspecified atom stereocenters. The van der Waals surface area contributed by atoms with Crippen LogP contribution >= 0.6 is 11.8 Å². The number of carbonyl (C=O) groups is 4. The van der Waals surface area contributed by atoms with Gasteiger partial charge in [-0.05, 0) is 44.9 Å². The first-order valence-electron chi connectivity index (χ1n) is 12.9. The molecule has 1 rings (SSSR count). The van der Waals surface area contributed by atoms with E-state index in [2.05, 4.69) is 16.0 Å². The summed E-state index contributed by atoms with van der Waals surface area (Å²) >= 11 is 0.516. The molecule has 3 amide bonds. The number of benzene rings is 1. The maximum atomic E-state index is 13.3. The van der Waals surface area contributed by atoms with Gasteiger partial charge in [-0.15, -0.1) is 0 Å². The normalized spacial score (nSPS) is 15.5. The second kappa shape index (κ2) is 14.6. The van der Waals surface area contributed by atoms with Gasteiger partial charge in [0.05, 0.1) is 7.11 Å². The van der Waals surface area contributed by atoms with Gasteiger partial charge < -0.3 is 25.4 Å². The van der Waals surface area contributed by atoms with E-state index in [0.717, 1.165) is 12.7 Å². The minimum atomic E-state index is -2.38. The van der Waals surface area contributed by atoms with E-state index in [-0.39, 0.29) is 24.5 Å². The van der Waals surface area contributed by atoms with Crippen molar-refractivity contribution >= 4 is 35.6 Å². The number of hydrogen-bond donors (Lipinski definition) is 3. The first-order chi connectivity index (χ1) is 17.5. The summed E-state index contributed by atoms with van der Waals surface area (Å²) in [5, 5.41) is 7.76. The van der Waals surface area contributed by atoms with Crippen molar-refractivity contribution in [2.75, 3.05) is 19.0 Å². The second-order valence-electron chi connectivity index (χ2n) is 9.47. The van der Waals surface area contributed by atoms with Crippen LogP contribution in [0.15, 0.2) is 30.3 Å². The Balaban J connectivity index is 3.16. The lowest BCUT2D eigenvalue weighted by Gasteiger charge is -2.27. The quantitative estimate of drug-likeness (QED) is 0.368. The van der Waals surface area contributed by atoms with Crippen LogP contribution in [-0.2, 0) is 30.3 Å². The number of thioether (sulfide) groups is 1. The fraction of sp³-hybridized carbons (Fsp3) is 0.600. The van der Waals surface area contributed by atoms with Crippen molar-refractivity contribution in [1.29, 1.82) is 0 Å². The second-order valence-corrected chi connectivity index (χ2v) is 10.1. The summed E-state index contributed by atoms with van der Waals surface area (Å²) in [4.78, 5) is 51.2. The number of esters is 1. The third-order valence-electron chi connectivity index (χ3n) is 4.68. The Hall–Kier alpha value is -2.75. The lowest BCUT2D eigenvalue weighted by Crippen LogP contribution is -2.57. The molecule has 1 aromatic rings. The number of nitrogens with one attached hydrogen (secondary N) is 3. The Kier molecular flexibility index (Phi) is 10.6. The monoisotopic (exact) mass is 512 g/mol. The molecule has 0 aromatic heterocycles. The van der Waals surface area contributed by atoms with Crippen LogP contribution in [0.5, 0.6) is 0 Å². The molecule has 1 aromatic carbocycles. The van der Waals surface area contributed by atoms with Crippen LogP contribution in [0.3, 0.4) is 0 Å². The Morgan fingerprint density at radius 2 is 1.57 bits per heavy atom. The predicted molar refractivity (Wildman–Crippen MR) is 137 cm³/mol. The average molecular weight is 513 g/mol. The molecule has 0 aliphatic rings. The molecule has 0 heterocycles. The number of hydrogen-bond acceptors (Lipinski definition) is 7. The minimum absolute atomic E-state index is 0.0303. The van der Waals surface area contributed by atoms with Crippen LogP contribution in [0.4, 0.5) is 4.79 Å². The maximum absolute atomic E-state index is 13.3. The third kappa shape index (κ3) is 12.0. The third-order valence-corrected chi connectivity index (χ3v) is 5.18. The summed E-state index contributed by atoms with van der Waals surface area (Å²) in [6.07, 6.45) is -2.79. The Morgan fingerprint density at radius 3 is 2.11 bits per heavy atom. The molecule has 0 radical (unpaired) electrons. The van der Waals surface area contributed by atoms with Gasteiger partial charge in [0.25, 0.3) is 0 Å². The fourth-order valence-electron chi connectivity index (χ4n) is 3.15. The van der Waals surface area contributed by atoms with Crippen molar-refractivity contribution < 1.29 is 32.8 Å². The molecule has 3 atom stereocenters. The zero-order valence-electron chi connectivity index (χ0n) is 24.2. The average Bonchev–Trinajstić information content (AvgIpc) is 2.78. The molecule has 35 heavy (non-hydrogen) atoms. The van der Waals surface area contributed by atoms with Gasteiger partial charge in [-0.2, -0.15) is 11.8 Å². The molecule has 196 valence electrons. The van der Waals surface area contributed by atoms with Crippen LogP contribution in [0.25, 0.3) is 0 Å². The van der Waals surface area contributed by atoms with E-state index in [1.54, 1.807) is 51.1 Å². The summed E-state index contributed by atoms with van der Waals surface area (Å²) in [5.74, 6) is -2.35. The van der Waals surface area contributed by atoms with Gasteiger partial charge in [0.1, 0.15) is 23.7 Å². The number of methoxy groups -OCH3 is 1. The summed E-state index contributed by atoms with van der Waals surface area (Å²) in [5.41, 5.74) is -0.0335. The van der Waals surface area contributed by atoms with Crippen LogP contribution in [-0.4, -0.2) is 66.7 Å². The van der Waals surface area contributed by atoms with E-state index < -0.39 is 53.8 Å². The summed E-state index contributed by atoms with van der Waals surface area (Å²) < 4.78 is 32.1. The first kappa shape index (κ1) is 25.3. The standard InChI is InChI=1S/C25H39N3O6S/c1-16(2)13-18(28-24(32)34-25(3,4)5)21(29)26-19(14-17-11-9-8-10-12-17)22(30)27-20(15-35-7)23(31)33-6/h8-12,16,18-20H,13-15H2,1-7H3,(H,26,29)(H,27,30)(H,28,32)/t18-,19-,20-/m0/s1/i7D3. The van der Waals surface area contributed by atoms with Crippen LogP contribution in [0.1, 0.15) is 50.7 Å². The van der Waals surface area contributed by atoms with Gasteiger partial charge in [0, 0.05) is 16.3 Å². The lowest BCUT2D eigenvalue weighted by molar-refractivity contribution is -0.144. The molecular formula is C25H39N3O6S. The molecule has 3 N–H and O–H groups in total. The van der Waals surface area contributed by atoms with E-state index in [1.165, 1.54) is 0 Å². The topological polar surface area (TPSA) is 123 Å². The van der Waals surface area contributed by atoms with Crippen LogP contribution < -0.4 is 16.0 Å². The zero-order chi connectivity index (χ0) is 29.1. The minimum Gasteiger partial charge on any atom is -0.467 e. The zero-order valence-corrected chi connectivity index (χ0v) is 22.0. The highest BCUT2D eigenvalue weighted by Crippen LogP contribution is 2.11. The van der Waals surface area contributed by atoms with Crippen molar-refractivity contribution in [2.24, 2.45) is 5.92 Å². The summed E-state index contributed by atoms with van der Waals surface area (Å²) in [6, 6.07) is 5.55. The molecule has 0 fully saturated rings. The van der Waals surface area contributed by atoms with Crippen molar-refractivity contribution in [3.63, 3.8) is 0 Å². The maximum Gasteiger partial charge on any atom is 0.408 e. The van der Waals surface area contributed by atoms with Crippen LogP contribution in [0.2, 0.25) is 0 Å². The van der Waals surface area contributed by atoms with Gasteiger partial charge >= 0.3 is 12.1 Å². The molecule has 0 spiro atoms. The Labute approximate surface area is 216 Å². The van der Waals surface area contributed by atoms with Gasteiger partial charge in [0.2, 0.25) is 11.8 Å². The SMILES string of the molecule is [2H]C([2H])([2H])SC[C@H](NC(=O)[C@H](Cc1ccccc1)NC(=O)[C@H](CC(C)C)NC(=O)OC(C)(C)C)C(=O)OC. The number of ether oxygens (including phenoxy) is 2. The number of carbonyl (C=O) groups excluding carboxylic acids is 4. The highest BCUT2D eigenvalue weighted by molar-refractivity contribution is 7.98. The van der Waals surface area contributed by atoms with E-state index in [9.17, 15) is 19.2 Å². The van der Waals surface area contributed by atoms with E-state index >= 15 is 0 Å². The predicted octanol–water partition coefficient (Wildman–Crippen LogP) is 2.67. The number of amides is 3. The molecule has 0 saturated heterocycles. The molecule has 0 bridgehead atoms. The van der Waals surface area contributed by atoms with Gasteiger partial charge in [-0.25, -0.2) is 9.59 Å². The number of rotatable bonds is 12. The lowest BCUT2D eigenvalue weighted by atomic mass is 10.0.